The molecule has 0 aliphatic rings. The summed E-state index contributed by atoms with van der Waals surface area (Å²) in [6, 6.07) is 11.3. The van der Waals surface area contributed by atoms with Crippen molar-refractivity contribution < 1.29 is 4.79 Å². The Balaban J connectivity index is 1.63. The summed E-state index contributed by atoms with van der Waals surface area (Å²) in [5, 5.41) is 7.88. The van der Waals surface area contributed by atoms with Crippen LogP contribution in [0.1, 0.15) is 10.5 Å². The first-order valence-corrected chi connectivity index (χ1v) is 6.64. The maximum absolute atomic E-state index is 12.1. The highest BCUT2D eigenvalue weighted by Crippen LogP contribution is 2.11. The van der Waals surface area contributed by atoms with Gasteiger partial charge in [-0.05, 0) is 12.1 Å². The van der Waals surface area contributed by atoms with Crippen molar-refractivity contribution in [2.24, 2.45) is 0 Å². The molecule has 0 radical (unpaired) electrons. The lowest BCUT2D eigenvalue weighted by Crippen LogP contribution is -2.28. The lowest BCUT2D eigenvalue weighted by atomic mass is 10.2. The molecule has 0 aliphatic heterocycles. The minimum absolute atomic E-state index is 0.194. The van der Waals surface area contributed by atoms with Crippen LogP contribution in [0.5, 0.6) is 0 Å². The molecule has 21 heavy (non-hydrogen) atoms. The van der Waals surface area contributed by atoms with Crippen LogP contribution in [0.3, 0.4) is 0 Å². The van der Waals surface area contributed by atoms with Crippen molar-refractivity contribution >= 4 is 22.5 Å². The average molecular weight is 281 g/mol. The van der Waals surface area contributed by atoms with Gasteiger partial charge in [-0.2, -0.15) is 5.10 Å². The Morgan fingerprint density at radius 2 is 2.10 bits per heavy atom. The number of rotatable bonds is 4. The van der Waals surface area contributed by atoms with Crippen LogP contribution in [-0.2, 0) is 6.54 Å². The van der Waals surface area contributed by atoms with Crippen LogP contribution in [-0.4, -0.2) is 27.2 Å². The van der Waals surface area contributed by atoms with Crippen LogP contribution < -0.4 is 11.1 Å². The number of pyridine rings is 1. The summed E-state index contributed by atoms with van der Waals surface area (Å²) >= 11 is 0. The summed E-state index contributed by atoms with van der Waals surface area (Å²) in [6.07, 6.45) is 3.30. The first-order chi connectivity index (χ1) is 10.2. The van der Waals surface area contributed by atoms with Crippen molar-refractivity contribution in [1.82, 2.24) is 20.1 Å². The third-order valence-electron chi connectivity index (χ3n) is 3.11. The van der Waals surface area contributed by atoms with Crippen molar-refractivity contribution in [3.8, 4) is 0 Å². The molecule has 0 spiro atoms. The lowest BCUT2D eigenvalue weighted by Gasteiger charge is -2.06. The van der Waals surface area contributed by atoms with Crippen LogP contribution in [0.4, 0.5) is 5.69 Å². The van der Waals surface area contributed by atoms with Gasteiger partial charge in [0, 0.05) is 18.1 Å². The number of anilines is 1. The second kappa shape index (κ2) is 5.62. The molecule has 3 rings (SSSR count). The van der Waals surface area contributed by atoms with E-state index in [9.17, 15) is 4.79 Å². The molecule has 0 atom stereocenters. The molecule has 0 bridgehead atoms. The Labute approximate surface area is 121 Å². The van der Waals surface area contributed by atoms with E-state index in [4.69, 9.17) is 5.73 Å². The number of nitrogens with zero attached hydrogens (tertiary/aromatic N) is 3. The molecule has 106 valence electrons. The van der Waals surface area contributed by atoms with Crippen LogP contribution in [0.15, 0.2) is 48.8 Å². The molecule has 2 aromatic heterocycles. The fourth-order valence-corrected chi connectivity index (χ4v) is 2.07. The van der Waals surface area contributed by atoms with Gasteiger partial charge in [0.2, 0.25) is 0 Å². The number of nitrogens with one attached hydrogen (secondary N) is 1. The molecule has 1 amide bonds. The zero-order valence-electron chi connectivity index (χ0n) is 11.4. The molecular formula is C15H15N5O. The predicted molar refractivity (Wildman–Crippen MR) is 80.7 cm³/mol. The van der Waals surface area contributed by atoms with E-state index in [2.05, 4.69) is 15.4 Å². The summed E-state index contributed by atoms with van der Waals surface area (Å²) in [5.74, 6) is -0.194. The van der Waals surface area contributed by atoms with Crippen LogP contribution in [0.2, 0.25) is 0 Å². The van der Waals surface area contributed by atoms with Crippen LogP contribution in [0, 0.1) is 0 Å². The SMILES string of the molecule is Nc1cnn(CCNC(=O)c2ccc3ccccc3n2)c1. The molecule has 0 aliphatic carbocycles. The number of nitrogens with two attached hydrogens (primary N) is 1. The first-order valence-electron chi connectivity index (χ1n) is 6.64. The van der Waals surface area contributed by atoms with Crippen molar-refractivity contribution in [3.05, 3.63) is 54.5 Å². The summed E-state index contributed by atoms with van der Waals surface area (Å²) in [4.78, 5) is 16.4. The van der Waals surface area contributed by atoms with Gasteiger partial charge >= 0.3 is 0 Å². The van der Waals surface area contributed by atoms with E-state index in [0.717, 1.165) is 10.9 Å². The number of benzene rings is 1. The van der Waals surface area contributed by atoms with E-state index in [1.54, 1.807) is 23.1 Å². The number of aromatic nitrogens is 3. The second-order valence-corrected chi connectivity index (χ2v) is 4.68. The number of nitrogen functional groups attached to an aromatic ring is 1. The summed E-state index contributed by atoms with van der Waals surface area (Å²) in [6.45, 7) is 1.03. The van der Waals surface area contributed by atoms with Gasteiger partial charge in [0.25, 0.3) is 5.91 Å². The Morgan fingerprint density at radius 1 is 1.24 bits per heavy atom. The molecule has 0 unspecified atom stereocenters. The van der Waals surface area contributed by atoms with Crippen molar-refractivity contribution in [2.45, 2.75) is 6.54 Å². The van der Waals surface area contributed by atoms with Crippen LogP contribution >= 0.6 is 0 Å². The Hall–Kier alpha value is -2.89. The van der Waals surface area contributed by atoms with Gasteiger partial charge in [-0.3, -0.25) is 9.48 Å². The van der Waals surface area contributed by atoms with Crippen molar-refractivity contribution in [3.63, 3.8) is 0 Å². The fraction of sp³-hybridized carbons (Fsp3) is 0.133. The standard InChI is InChI=1S/C15H15N5O/c16-12-9-18-20(10-12)8-7-17-15(21)14-6-5-11-3-1-2-4-13(11)19-14/h1-6,9-10H,7-8,16H2,(H,17,21). The summed E-state index contributed by atoms with van der Waals surface area (Å²) in [5.41, 5.74) is 7.40. The van der Waals surface area contributed by atoms with Crippen molar-refractivity contribution in [2.75, 3.05) is 12.3 Å². The van der Waals surface area contributed by atoms with E-state index in [1.165, 1.54) is 0 Å². The molecule has 3 N–H and O–H groups in total. The fourth-order valence-electron chi connectivity index (χ4n) is 2.07. The van der Waals surface area contributed by atoms with E-state index < -0.39 is 0 Å². The molecule has 6 heteroatoms. The first kappa shape index (κ1) is 13.1. The molecule has 0 fully saturated rings. The van der Waals surface area contributed by atoms with Gasteiger partial charge in [-0.1, -0.05) is 24.3 Å². The molecule has 1 aromatic carbocycles. The monoisotopic (exact) mass is 281 g/mol. The van der Waals surface area contributed by atoms with Gasteiger partial charge in [0.05, 0.1) is 23.9 Å². The summed E-state index contributed by atoms with van der Waals surface area (Å²) in [7, 11) is 0. The van der Waals surface area contributed by atoms with Gasteiger partial charge in [-0.25, -0.2) is 4.98 Å². The molecule has 3 aromatic rings. The topological polar surface area (TPSA) is 85.8 Å². The molecular weight excluding hydrogens is 266 g/mol. The number of carbonyl (C=O) groups excluding carboxylic acids is 1. The average Bonchev–Trinajstić information content (AvgIpc) is 2.92. The quantitative estimate of drug-likeness (QED) is 0.757. The second-order valence-electron chi connectivity index (χ2n) is 4.68. The highest BCUT2D eigenvalue weighted by Gasteiger charge is 2.07. The van der Waals surface area contributed by atoms with Crippen LogP contribution in [0.25, 0.3) is 10.9 Å². The van der Waals surface area contributed by atoms with E-state index in [-0.39, 0.29) is 5.91 Å². The van der Waals surface area contributed by atoms with Gasteiger partial charge in [0.1, 0.15) is 5.69 Å². The van der Waals surface area contributed by atoms with E-state index >= 15 is 0 Å². The lowest BCUT2D eigenvalue weighted by molar-refractivity contribution is 0.0947. The zero-order chi connectivity index (χ0) is 14.7. The number of hydrogen-bond acceptors (Lipinski definition) is 4. The number of hydrogen-bond donors (Lipinski definition) is 2. The Bertz CT molecular complexity index is 780. The number of para-hydroxylation sites is 1. The van der Waals surface area contributed by atoms with Gasteiger partial charge < -0.3 is 11.1 Å². The number of carbonyl (C=O) groups is 1. The third kappa shape index (κ3) is 3.00. The minimum atomic E-state index is -0.194. The molecule has 2 heterocycles. The van der Waals surface area contributed by atoms with E-state index in [0.29, 0.717) is 24.5 Å². The normalized spacial score (nSPS) is 10.7. The molecule has 6 nitrogen and oxygen atoms in total. The molecule has 0 saturated carbocycles. The highest BCUT2D eigenvalue weighted by atomic mass is 16.1. The Morgan fingerprint density at radius 3 is 2.90 bits per heavy atom. The maximum Gasteiger partial charge on any atom is 0.269 e. The van der Waals surface area contributed by atoms with Crippen molar-refractivity contribution in [1.29, 1.82) is 0 Å². The zero-order valence-corrected chi connectivity index (χ0v) is 11.4. The number of fused-ring (bicyclic) bond motifs is 1. The highest BCUT2D eigenvalue weighted by molar-refractivity contribution is 5.94. The summed E-state index contributed by atoms with van der Waals surface area (Å²) < 4.78 is 1.68. The maximum atomic E-state index is 12.1. The Kier molecular flexibility index (Phi) is 3.51. The van der Waals surface area contributed by atoms with Gasteiger partial charge in [-0.15, -0.1) is 0 Å². The number of amides is 1. The van der Waals surface area contributed by atoms with Gasteiger partial charge in [0.15, 0.2) is 0 Å². The smallest absolute Gasteiger partial charge is 0.269 e. The minimum Gasteiger partial charge on any atom is -0.396 e. The third-order valence-corrected chi connectivity index (χ3v) is 3.11. The molecule has 0 saturated heterocycles. The largest absolute Gasteiger partial charge is 0.396 e. The predicted octanol–water partition coefficient (Wildman–Crippen LogP) is 1.44. The van der Waals surface area contributed by atoms with E-state index in [1.807, 2.05) is 30.3 Å².